The van der Waals surface area contributed by atoms with E-state index in [0.717, 1.165) is 5.56 Å². The van der Waals surface area contributed by atoms with E-state index in [2.05, 4.69) is 26.2 Å². The van der Waals surface area contributed by atoms with E-state index in [1.807, 2.05) is 0 Å². The molecule has 5 nitrogen and oxygen atoms in total. The van der Waals surface area contributed by atoms with E-state index < -0.39 is 11.9 Å². The number of carbonyl (C=O) groups excluding carboxylic acids is 1. The molecular formula is C14H10BrClN2O3. The van der Waals surface area contributed by atoms with Gasteiger partial charge in [-0.3, -0.25) is 4.79 Å². The van der Waals surface area contributed by atoms with Crippen LogP contribution in [0.4, 0.5) is 5.69 Å². The Morgan fingerprint density at radius 1 is 1.29 bits per heavy atom. The normalized spacial score (nSPS) is 10.2. The lowest BCUT2D eigenvalue weighted by Crippen LogP contribution is -2.15. The Morgan fingerprint density at radius 2 is 2.00 bits per heavy atom. The fourth-order valence-electron chi connectivity index (χ4n) is 1.72. The molecule has 1 amide bonds. The lowest BCUT2D eigenvalue weighted by atomic mass is 10.1. The van der Waals surface area contributed by atoms with E-state index in [0.29, 0.717) is 4.47 Å². The quantitative estimate of drug-likeness (QED) is 0.808. The monoisotopic (exact) mass is 368 g/mol. The molecule has 21 heavy (non-hydrogen) atoms. The number of nitrogens with one attached hydrogen (secondary N) is 1. The SMILES string of the molecule is Cc1ccc(NC(=O)c2cc(Br)cnc2Cl)c(C(=O)O)c1. The molecule has 0 bridgehead atoms. The van der Waals surface area contributed by atoms with Crippen LogP contribution in [0.25, 0.3) is 0 Å². The van der Waals surface area contributed by atoms with Crippen molar-refractivity contribution in [1.82, 2.24) is 4.98 Å². The van der Waals surface area contributed by atoms with Crippen molar-refractivity contribution in [2.75, 3.05) is 5.32 Å². The molecule has 0 saturated heterocycles. The van der Waals surface area contributed by atoms with Crippen LogP contribution in [0.3, 0.4) is 0 Å². The van der Waals surface area contributed by atoms with Gasteiger partial charge < -0.3 is 10.4 Å². The molecule has 2 aromatic rings. The van der Waals surface area contributed by atoms with Gasteiger partial charge >= 0.3 is 5.97 Å². The van der Waals surface area contributed by atoms with Gasteiger partial charge in [0.15, 0.2) is 0 Å². The van der Waals surface area contributed by atoms with E-state index in [1.54, 1.807) is 13.0 Å². The minimum absolute atomic E-state index is 0.0161. The molecule has 0 saturated carbocycles. The highest BCUT2D eigenvalue weighted by Crippen LogP contribution is 2.22. The standard InChI is InChI=1S/C14H10BrClN2O3/c1-7-2-3-11(9(4-7)14(20)21)18-13(19)10-5-8(15)6-17-12(10)16/h2-6H,1H3,(H,18,19)(H,20,21). The number of aromatic nitrogens is 1. The van der Waals surface area contributed by atoms with Crippen molar-refractivity contribution in [2.24, 2.45) is 0 Å². The summed E-state index contributed by atoms with van der Waals surface area (Å²) >= 11 is 9.08. The van der Waals surface area contributed by atoms with Crippen molar-refractivity contribution < 1.29 is 14.7 Å². The van der Waals surface area contributed by atoms with Crippen LogP contribution in [-0.2, 0) is 0 Å². The highest BCUT2D eigenvalue weighted by Gasteiger charge is 2.16. The minimum atomic E-state index is -1.12. The number of aryl methyl sites for hydroxylation is 1. The Hall–Kier alpha value is -1.92. The molecule has 0 radical (unpaired) electrons. The van der Waals surface area contributed by atoms with Crippen molar-refractivity contribution in [2.45, 2.75) is 6.92 Å². The first kappa shape index (κ1) is 15.5. The first-order valence-corrected chi connectivity index (χ1v) is 7.02. The van der Waals surface area contributed by atoms with Gasteiger partial charge in [-0.25, -0.2) is 9.78 Å². The summed E-state index contributed by atoms with van der Waals surface area (Å²) in [5.74, 6) is -1.65. The second-order valence-electron chi connectivity index (χ2n) is 4.30. The number of anilines is 1. The average molecular weight is 370 g/mol. The van der Waals surface area contributed by atoms with Crippen LogP contribution in [0.2, 0.25) is 5.15 Å². The van der Waals surface area contributed by atoms with E-state index in [1.165, 1.54) is 24.4 Å². The maximum Gasteiger partial charge on any atom is 0.337 e. The summed E-state index contributed by atoms with van der Waals surface area (Å²) in [6.45, 7) is 1.77. The summed E-state index contributed by atoms with van der Waals surface area (Å²) in [7, 11) is 0. The maximum absolute atomic E-state index is 12.2. The molecular weight excluding hydrogens is 360 g/mol. The number of hydrogen-bond donors (Lipinski definition) is 2. The molecule has 2 rings (SSSR count). The summed E-state index contributed by atoms with van der Waals surface area (Å²) in [6.07, 6.45) is 1.47. The number of halogens is 2. The number of benzene rings is 1. The Bertz CT molecular complexity index is 734. The van der Waals surface area contributed by atoms with Crippen LogP contribution in [-0.4, -0.2) is 22.0 Å². The molecule has 0 fully saturated rings. The highest BCUT2D eigenvalue weighted by atomic mass is 79.9. The van der Waals surface area contributed by atoms with E-state index in [9.17, 15) is 14.7 Å². The summed E-state index contributed by atoms with van der Waals surface area (Å²) < 4.78 is 0.597. The molecule has 7 heteroatoms. The average Bonchev–Trinajstić information content (AvgIpc) is 2.43. The molecule has 0 aliphatic carbocycles. The smallest absolute Gasteiger partial charge is 0.337 e. The van der Waals surface area contributed by atoms with Crippen molar-refractivity contribution in [1.29, 1.82) is 0 Å². The number of aromatic carboxylic acids is 1. The second-order valence-corrected chi connectivity index (χ2v) is 5.57. The van der Waals surface area contributed by atoms with E-state index >= 15 is 0 Å². The topological polar surface area (TPSA) is 79.3 Å². The van der Waals surface area contributed by atoms with Crippen molar-refractivity contribution in [3.8, 4) is 0 Å². The number of hydrogen-bond acceptors (Lipinski definition) is 3. The molecule has 0 atom stereocenters. The maximum atomic E-state index is 12.2. The van der Waals surface area contributed by atoms with Crippen LogP contribution < -0.4 is 5.32 Å². The summed E-state index contributed by atoms with van der Waals surface area (Å²) in [5.41, 5.74) is 1.16. The van der Waals surface area contributed by atoms with Gasteiger partial charge in [-0.15, -0.1) is 0 Å². The Labute approximate surface area is 134 Å². The van der Waals surface area contributed by atoms with Crippen LogP contribution in [0.15, 0.2) is 34.9 Å². The fraction of sp³-hybridized carbons (Fsp3) is 0.0714. The van der Waals surface area contributed by atoms with Crippen LogP contribution in [0.5, 0.6) is 0 Å². The Kier molecular flexibility index (Phi) is 4.59. The number of nitrogens with zero attached hydrogens (tertiary/aromatic N) is 1. The van der Waals surface area contributed by atoms with Gasteiger partial charge in [-0.2, -0.15) is 0 Å². The van der Waals surface area contributed by atoms with Crippen LogP contribution in [0.1, 0.15) is 26.3 Å². The molecule has 0 spiro atoms. The zero-order chi connectivity index (χ0) is 15.6. The molecule has 0 unspecified atom stereocenters. The van der Waals surface area contributed by atoms with Gasteiger partial charge in [-0.1, -0.05) is 23.2 Å². The second kappa shape index (κ2) is 6.24. The lowest BCUT2D eigenvalue weighted by molar-refractivity contribution is 0.0698. The first-order chi connectivity index (χ1) is 9.88. The van der Waals surface area contributed by atoms with Gasteiger partial charge in [0.2, 0.25) is 0 Å². The van der Waals surface area contributed by atoms with Gasteiger partial charge in [0.05, 0.1) is 16.8 Å². The zero-order valence-corrected chi connectivity index (χ0v) is 13.2. The number of carbonyl (C=O) groups is 2. The van der Waals surface area contributed by atoms with Crippen LogP contribution >= 0.6 is 27.5 Å². The predicted molar refractivity (Wildman–Crippen MR) is 83.0 cm³/mol. The minimum Gasteiger partial charge on any atom is -0.478 e. The summed E-state index contributed by atoms with van der Waals surface area (Å²) in [4.78, 5) is 27.3. The Balaban J connectivity index is 2.36. The number of carboxylic acid groups (broad SMARTS) is 1. The number of amides is 1. The molecule has 0 aliphatic rings. The van der Waals surface area contributed by atoms with Crippen LogP contribution in [0, 0.1) is 6.92 Å². The molecule has 1 aromatic carbocycles. The van der Waals surface area contributed by atoms with E-state index in [-0.39, 0.29) is 22.0 Å². The number of carboxylic acids is 1. The van der Waals surface area contributed by atoms with Crippen molar-refractivity contribution >= 4 is 45.1 Å². The largest absolute Gasteiger partial charge is 0.478 e. The van der Waals surface area contributed by atoms with Gasteiger partial charge in [0.1, 0.15) is 5.15 Å². The van der Waals surface area contributed by atoms with Gasteiger partial charge in [0.25, 0.3) is 5.91 Å². The number of pyridine rings is 1. The number of rotatable bonds is 3. The zero-order valence-electron chi connectivity index (χ0n) is 10.9. The van der Waals surface area contributed by atoms with Gasteiger partial charge in [-0.05, 0) is 41.1 Å². The lowest BCUT2D eigenvalue weighted by Gasteiger charge is -2.10. The molecule has 1 aromatic heterocycles. The third-order valence-corrected chi connectivity index (χ3v) is 3.44. The highest BCUT2D eigenvalue weighted by molar-refractivity contribution is 9.10. The molecule has 1 heterocycles. The van der Waals surface area contributed by atoms with E-state index in [4.69, 9.17) is 11.6 Å². The Morgan fingerprint density at radius 3 is 2.67 bits per heavy atom. The van der Waals surface area contributed by atoms with Crippen molar-refractivity contribution in [3.05, 3.63) is 56.8 Å². The fourth-order valence-corrected chi connectivity index (χ4v) is 2.24. The third kappa shape index (κ3) is 3.59. The first-order valence-electron chi connectivity index (χ1n) is 5.85. The molecule has 0 aliphatic heterocycles. The van der Waals surface area contributed by atoms with Gasteiger partial charge in [0, 0.05) is 10.7 Å². The summed E-state index contributed by atoms with van der Waals surface area (Å²) in [5, 5.41) is 11.8. The predicted octanol–water partition coefficient (Wildman–Crippen LogP) is 3.76. The summed E-state index contributed by atoms with van der Waals surface area (Å²) in [6, 6.07) is 6.25. The molecule has 2 N–H and O–H groups in total. The third-order valence-electron chi connectivity index (χ3n) is 2.70. The molecule has 108 valence electrons. The van der Waals surface area contributed by atoms with Crippen molar-refractivity contribution in [3.63, 3.8) is 0 Å².